The predicted molar refractivity (Wildman–Crippen MR) is 95.3 cm³/mol. The van der Waals surface area contributed by atoms with E-state index in [2.05, 4.69) is 14.9 Å². The van der Waals surface area contributed by atoms with E-state index in [4.69, 9.17) is 4.74 Å². The summed E-state index contributed by atoms with van der Waals surface area (Å²) in [6.45, 7) is 12.0. The van der Waals surface area contributed by atoms with Gasteiger partial charge in [-0.25, -0.2) is 14.8 Å². The third kappa shape index (κ3) is 5.35. The van der Waals surface area contributed by atoms with E-state index in [9.17, 15) is 4.79 Å². The van der Waals surface area contributed by atoms with E-state index < -0.39 is 5.60 Å². The van der Waals surface area contributed by atoms with Gasteiger partial charge >= 0.3 is 6.09 Å². The summed E-state index contributed by atoms with van der Waals surface area (Å²) in [5.41, 5.74) is 1.50. The molecule has 6 nitrogen and oxygen atoms in total. The average Bonchev–Trinajstić information content (AvgIpc) is 2.44. The molecule has 0 aromatic carbocycles. The topological polar surface area (TPSA) is 58.6 Å². The van der Waals surface area contributed by atoms with E-state index in [1.54, 1.807) is 0 Å². The lowest BCUT2D eigenvalue weighted by Gasteiger charge is -2.35. The standard InChI is InChI=1S/C18H30N4O2/c1-13-10-14(2)20-16(19-13)21(6)11-15-8-7-9-22(12-15)17(23)24-18(3,4)5/h10,15H,7-9,11-12H2,1-6H3/t15-/m0/s1. The monoisotopic (exact) mass is 334 g/mol. The molecule has 0 saturated carbocycles. The number of anilines is 1. The van der Waals surface area contributed by atoms with Gasteiger partial charge in [0.05, 0.1) is 0 Å². The SMILES string of the molecule is Cc1cc(C)nc(N(C)C[C@@H]2CCCN(C(=O)OC(C)(C)C)C2)n1. The average molecular weight is 334 g/mol. The Morgan fingerprint density at radius 1 is 1.33 bits per heavy atom. The number of hydrogen-bond acceptors (Lipinski definition) is 5. The Hall–Kier alpha value is -1.85. The summed E-state index contributed by atoms with van der Waals surface area (Å²) in [5.74, 6) is 1.16. The van der Waals surface area contributed by atoms with Gasteiger partial charge in [0.1, 0.15) is 5.60 Å². The summed E-state index contributed by atoms with van der Waals surface area (Å²) in [6, 6.07) is 1.97. The molecule has 0 radical (unpaired) electrons. The Balaban J connectivity index is 1.96. The Morgan fingerprint density at radius 2 is 1.96 bits per heavy atom. The van der Waals surface area contributed by atoms with Crippen LogP contribution in [0.25, 0.3) is 0 Å². The van der Waals surface area contributed by atoms with Gasteiger partial charge in [0, 0.05) is 38.1 Å². The van der Waals surface area contributed by atoms with Gasteiger partial charge in [-0.15, -0.1) is 0 Å². The van der Waals surface area contributed by atoms with Crippen LogP contribution in [0.15, 0.2) is 6.07 Å². The minimum atomic E-state index is -0.451. The molecule has 0 N–H and O–H groups in total. The number of carbonyl (C=O) groups is 1. The first-order valence-electron chi connectivity index (χ1n) is 8.65. The molecule has 1 aliphatic rings. The van der Waals surface area contributed by atoms with Crippen molar-refractivity contribution in [2.24, 2.45) is 5.92 Å². The number of likely N-dealkylation sites (tertiary alicyclic amines) is 1. The molecule has 1 saturated heterocycles. The first kappa shape index (κ1) is 18.5. The summed E-state index contributed by atoms with van der Waals surface area (Å²) in [6.07, 6.45) is 1.90. The lowest BCUT2D eigenvalue weighted by atomic mass is 9.98. The summed E-state index contributed by atoms with van der Waals surface area (Å²) >= 11 is 0. The molecule has 24 heavy (non-hydrogen) atoms. The molecular formula is C18H30N4O2. The molecule has 1 amide bonds. The van der Waals surface area contributed by atoms with Gasteiger partial charge in [0.25, 0.3) is 0 Å². The first-order valence-corrected chi connectivity index (χ1v) is 8.65. The van der Waals surface area contributed by atoms with E-state index in [1.165, 1.54) is 0 Å². The number of aromatic nitrogens is 2. The van der Waals surface area contributed by atoms with Crippen LogP contribution >= 0.6 is 0 Å². The number of hydrogen-bond donors (Lipinski definition) is 0. The minimum Gasteiger partial charge on any atom is -0.444 e. The highest BCUT2D eigenvalue weighted by atomic mass is 16.6. The molecule has 1 aromatic rings. The number of amides is 1. The number of piperidine rings is 1. The number of carbonyl (C=O) groups excluding carboxylic acids is 1. The largest absolute Gasteiger partial charge is 0.444 e. The predicted octanol–water partition coefficient (Wildman–Crippen LogP) is 3.18. The maximum absolute atomic E-state index is 12.3. The molecule has 0 bridgehead atoms. The quantitative estimate of drug-likeness (QED) is 0.850. The molecule has 1 atom stereocenters. The molecule has 0 aliphatic carbocycles. The second-order valence-electron chi connectivity index (χ2n) is 7.77. The Kier molecular flexibility index (Phi) is 5.67. The number of rotatable bonds is 3. The molecule has 2 heterocycles. The smallest absolute Gasteiger partial charge is 0.410 e. The van der Waals surface area contributed by atoms with Crippen molar-refractivity contribution in [3.05, 3.63) is 17.5 Å². The van der Waals surface area contributed by atoms with E-state index in [-0.39, 0.29) is 6.09 Å². The van der Waals surface area contributed by atoms with Gasteiger partial charge in [-0.05, 0) is 59.4 Å². The fourth-order valence-corrected chi connectivity index (χ4v) is 3.05. The molecule has 1 aliphatic heterocycles. The van der Waals surface area contributed by atoms with Gasteiger partial charge in [-0.2, -0.15) is 0 Å². The molecule has 0 unspecified atom stereocenters. The summed E-state index contributed by atoms with van der Waals surface area (Å²) in [5, 5.41) is 0. The van der Waals surface area contributed by atoms with Crippen LogP contribution in [0, 0.1) is 19.8 Å². The van der Waals surface area contributed by atoms with Crippen LogP contribution in [-0.4, -0.2) is 53.2 Å². The maximum Gasteiger partial charge on any atom is 0.410 e. The van der Waals surface area contributed by atoms with Gasteiger partial charge < -0.3 is 14.5 Å². The van der Waals surface area contributed by atoms with Gasteiger partial charge in [-0.1, -0.05) is 0 Å². The van der Waals surface area contributed by atoms with E-state index >= 15 is 0 Å². The second-order valence-corrected chi connectivity index (χ2v) is 7.77. The number of ether oxygens (including phenoxy) is 1. The van der Waals surface area contributed by atoms with Gasteiger partial charge in [-0.3, -0.25) is 0 Å². The van der Waals surface area contributed by atoms with E-state index in [0.717, 1.165) is 49.8 Å². The third-order valence-electron chi connectivity index (χ3n) is 4.01. The molecular weight excluding hydrogens is 304 g/mol. The normalized spacial score (nSPS) is 18.4. The van der Waals surface area contributed by atoms with Crippen LogP contribution in [0.5, 0.6) is 0 Å². The second kappa shape index (κ2) is 7.36. The summed E-state index contributed by atoms with van der Waals surface area (Å²) < 4.78 is 5.50. The Morgan fingerprint density at radius 3 is 2.54 bits per heavy atom. The molecule has 1 fully saturated rings. The molecule has 0 spiro atoms. The zero-order valence-corrected chi connectivity index (χ0v) is 15.8. The lowest BCUT2D eigenvalue weighted by molar-refractivity contribution is 0.0170. The highest BCUT2D eigenvalue weighted by Crippen LogP contribution is 2.21. The van der Waals surface area contributed by atoms with Crippen LogP contribution in [0.4, 0.5) is 10.7 Å². The van der Waals surface area contributed by atoms with Crippen molar-refractivity contribution < 1.29 is 9.53 Å². The minimum absolute atomic E-state index is 0.211. The van der Waals surface area contributed by atoms with Crippen LogP contribution in [0.2, 0.25) is 0 Å². The van der Waals surface area contributed by atoms with Crippen molar-refractivity contribution in [1.82, 2.24) is 14.9 Å². The summed E-state index contributed by atoms with van der Waals surface area (Å²) in [7, 11) is 2.01. The highest BCUT2D eigenvalue weighted by Gasteiger charge is 2.28. The first-order chi connectivity index (χ1) is 11.1. The molecule has 2 rings (SSSR count). The van der Waals surface area contributed by atoms with Crippen LogP contribution < -0.4 is 4.90 Å². The van der Waals surface area contributed by atoms with Crippen molar-refractivity contribution in [1.29, 1.82) is 0 Å². The summed E-state index contributed by atoms with van der Waals surface area (Å²) in [4.78, 5) is 25.2. The van der Waals surface area contributed by atoms with Crippen molar-refractivity contribution >= 4 is 12.0 Å². The van der Waals surface area contributed by atoms with E-state index in [1.807, 2.05) is 52.6 Å². The molecule has 6 heteroatoms. The van der Waals surface area contributed by atoms with Crippen molar-refractivity contribution in [3.63, 3.8) is 0 Å². The molecule has 1 aromatic heterocycles. The molecule has 134 valence electrons. The fraction of sp³-hybridized carbons (Fsp3) is 0.722. The van der Waals surface area contributed by atoms with Gasteiger partial charge in [0.15, 0.2) is 0 Å². The van der Waals surface area contributed by atoms with Crippen molar-refractivity contribution in [2.45, 2.75) is 53.1 Å². The lowest BCUT2D eigenvalue weighted by Crippen LogP contribution is -2.45. The zero-order valence-electron chi connectivity index (χ0n) is 15.8. The highest BCUT2D eigenvalue weighted by molar-refractivity contribution is 5.68. The van der Waals surface area contributed by atoms with E-state index in [0.29, 0.717) is 5.92 Å². The van der Waals surface area contributed by atoms with Crippen LogP contribution in [0.1, 0.15) is 45.0 Å². The van der Waals surface area contributed by atoms with Crippen molar-refractivity contribution in [2.75, 3.05) is 31.6 Å². The van der Waals surface area contributed by atoms with Gasteiger partial charge in [0.2, 0.25) is 5.95 Å². The zero-order chi connectivity index (χ0) is 17.9. The number of aryl methyl sites for hydroxylation is 2. The Bertz CT molecular complexity index is 563. The fourth-order valence-electron chi connectivity index (χ4n) is 3.05. The van der Waals surface area contributed by atoms with Crippen molar-refractivity contribution in [3.8, 4) is 0 Å². The number of nitrogens with zero attached hydrogens (tertiary/aromatic N) is 4. The van der Waals surface area contributed by atoms with Crippen LogP contribution in [0.3, 0.4) is 0 Å². The third-order valence-corrected chi connectivity index (χ3v) is 4.01. The Labute approximate surface area is 145 Å². The maximum atomic E-state index is 12.3. The van der Waals surface area contributed by atoms with Crippen LogP contribution in [-0.2, 0) is 4.74 Å².